The van der Waals surface area contributed by atoms with E-state index in [1.807, 2.05) is 10.8 Å². The highest BCUT2D eigenvalue weighted by Crippen LogP contribution is 2.16. The van der Waals surface area contributed by atoms with Crippen molar-refractivity contribution in [3.8, 4) is 0 Å². The summed E-state index contributed by atoms with van der Waals surface area (Å²) in [6, 6.07) is 14.0. The molecule has 0 spiro atoms. The van der Waals surface area contributed by atoms with E-state index in [4.69, 9.17) is 0 Å². The molecule has 0 fully saturated rings. The minimum atomic E-state index is -3.85. The van der Waals surface area contributed by atoms with Gasteiger partial charge in [-0.2, -0.15) is 0 Å². The summed E-state index contributed by atoms with van der Waals surface area (Å²) in [7, 11) is -3.85. The molecular formula is C16H14BrNO3S. The van der Waals surface area contributed by atoms with Gasteiger partial charge in [0, 0.05) is 10.0 Å². The van der Waals surface area contributed by atoms with Gasteiger partial charge in [-0.1, -0.05) is 46.3 Å². The summed E-state index contributed by atoms with van der Waals surface area (Å²) in [6.07, 6.45) is 1.43. The molecule has 114 valence electrons. The van der Waals surface area contributed by atoms with Gasteiger partial charge in [0.2, 0.25) is 0 Å². The number of carbonyl (C=O) groups excluding carboxylic acids is 1. The van der Waals surface area contributed by atoms with Gasteiger partial charge >= 0.3 is 0 Å². The third-order valence-electron chi connectivity index (χ3n) is 2.91. The van der Waals surface area contributed by atoms with Gasteiger partial charge in [-0.25, -0.2) is 13.1 Å². The normalized spacial score (nSPS) is 11.5. The predicted octanol–water partition coefficient (Wildman–Crippen LogP) is 3.49. The number of rotatable bonds is 4. The number of hydrogen-bond acceptors (Lipinski definition) is 3. The van der Waals surface area contributed by atoms with Gasteiger partial charge in [0.15, 0.2) is 0 Å². The number of amides is 1. The number of hydrogen-bond donors (Lipinski definition) is 1. The highest BCUT2D eigenvalue weighted by atomic mass is 79.9. The number of sulfonamides is 1. The predicted molar refractivity (Wildman–Crippen MR) is 90.7 cm³/mol. The molecule has 2 rings (SSSR count). The average molecular weight is 380 g/mol. The zero-order valence-corrected chi connectivity index (χ0v) is 14.2. The largest absolute Gasteiger partial charge is 0.268 e. The van der Waals surface area contributed by atoms with E-state index in [2.05, 4.69) is 15.9 Å². The monoisotopic (exact) mass is 379 g/mol. The lowest BCUT2D eigenvalue weighted by molar-refractivity contribution is 0.0981. The van der Waals surface area contributed by atoms with Crippen LogP contribution in [0.4, 0.5) is 0 Å². The molecule has 6 heteroatoms. The average Bonchev–Trinajstić information content (AvgIpc) is 2.45. The van der Waals surface area contributed by atoms with E-state index in [1.54, 1.807) is 49.4 Å². The summed E-state index contributed by atoms with van der Waals surface area (Å²) in [4.78, 5) is 12.1. The maximum atomic E-state index is 12.1. The summed E-state index contributed by atoms with van der Waals surface area (Å²) in [5, 5.41) is 0.981. The Morgan fingerprint density at radius 2 is 1.82 bits per heavy atom. The highest BCUT2D eigenvalue weighted by molar-refractivity contribution is 9.10. The van der Waals surface area contributed by atoms with Gasteiger partial charge in [-0.05, 0) is 42.3 Å². The second-order valence-corrected chi connectivity index (χ2v) is 7.13. The number of carbonyl (C=O) groups is 1. The molecule has 0 atom stereocenters. The van der Waals surface area contributed by atoms with E-state index in [1.165, 1.54) is 6.08 Å². The van der Waals surface area contributed by atoms with Crippen molar-refractivity contribution in [3.05, 3.63) is 75.1 Å². The molecule has 0 aliphatic carbocycles. The number of nitrogens with one attached hydrogen (secondary N) is 1. The zero-order valence-electron chi connectivity index (χ0n) is 11.8. The van der Waals surface area contributed by atoms with Crippen LogP contribution in [0.25, 0.3) is 6.08 Å². The SMILES string of the molecule is Cc1cc(Br)ccc1C(=O)NS(=O)(=O)/C=C/c1ccccc1. The van der Waals surface area contributed by atoms with E-state index in [0.717, 1.165) is 15.4 Å². The van der Waals surface area contributed by atoms with Gasteiger partial charge in [-0.3, -0.25) is 4.79 Å². The second kappa shape index (κ2) is 6.89. The molecule has 0 aromatic heterocycles. The van der Waals surface area contributed by atoms with Gasteiger partial charge in [0.1, 0.15) is 0 Å². The van der Waals surface area contributed by atoms with Crippen LogP contribution in [0.5, 0.6) is 0 Å². The fraction of sp³-hybridized carbons (Fsp3) is 0.0625. The zero-order chi connectivity index (χ0) is 16.2. The fourth-order valence-corrected chi connectivity index (χ4v) is 3.08. The van der Waals surface area contributed by atoms with Crippen LogP contribution in [-0.2, 0) is 10.0 Å². The lowest BCUT2D eigenvalue weighted by Gasteiger charge is -2.06. The first kappa shape index (κ1) is 16.5. The van der Waals surface area contributed by atoms with Crippen molar-refractivity contribution in [1.82, 2.24) is 4.72 Å². The first-order valence-electron chi connectivity index (χ1n) is 6.44. The molecule has 0 saturated carbocycles. The van der Waals surface area contributed by atoms with Crippen LogP contribution in [0.3, 0.4) is 0 Å². The summed E-state index contributed by atoms with van der Waals surface area (Å²) in [5.41, 5.74) is 1.74. The van der Waals surface area contributed by atoms with Crippen molar-refractivity contribution < 1.29 is 13.2 Å². The third kappa shape index (κ3) is 4.54. The Balaban J connectivity index is 2.14. The molecule has 1 N–H and O–H groups in total. The first-order chi connectivity index (χ1) is 10.4. The third-order valence-corrected chi connectivity index (χ3v) is 4.36. The highest BCUT2D eigenvalue weighted by Gasteiger charge is 2.15. The maximum Gasteiger partial charge on any atom is 0.265 e. The van der Waals surface area contributed by atoms with Crippen molar-refractivity contribution in [2.45, 2.75) is 6.92 Å². The van der Waals surface area contributed by atoms with Crippen LogP contribution in [0.2, 0.25) is 0 Å². The van der Waals surface area contributed by atoms with Crippen molar-refractivity contribution >= 4 is 37.9 Å². The number of aryl methyl sites for hydroxylation is 1. The Kier molecular flexibility index (Phi) is 5.15. The van der Waals surface area contributed by atoms with E-state index >= 15 is 0 Å². The van der Waals surface area contributed by atoms with Gasteiger partial charge in [0.25, 0.3) is 15.9 Å². The molecule has 2 aromatic carbocycles. The topological polar surface area (TPSA) is 63.2 Å². The van der Waals surface area contributed by atoms with Crippen LogP contribution in [0.1, 0.15) is 21.5 Å². The van der Waals surface area contributed by atoms with Crippen molar-refractivity contribution in [2.75, 3.05) is 0 Å². The summed E-state index contributed by atoms with van der Waals surface area (Å²) in [5.74, 6) is -0.650. The van der Waals surface area contributed by atoms with E-state index in [0.29, 0.717) is 11.1 Å². The van der Waals surface area contributed by atoms with Crippen molar-refractivity contribution in [3.63, 3.8) is 0 Å². The van der Waals surface area contributed by atoms with Crippen LogP contribution in [-0.4, -0.2) is 14.3 Å². The Labute approximate surface area is 138 Å². The molecule has 2 aromatic rings. The Morgan fingerprint density at radius 1 is 1.14 bits per heavy atom. The Bertz CT molecular complexity index is 815. The molecule has 4 nitrogen and oxygen atoms in total. The first-order valence-corrected chi connectivity index (χ1v) is 8.78. The molecule has 0 saturated heterocycles. The van der Waals surface area contributed by atoms with Crippen LogP contribution in [0, 0.1) is 6.92 Å². The molecular weight excluding hydrogens is 366 g/mol. The molecule has 0 aliphatic heterocycles. The van der Waals surface area contributed by atoms with Crippen molar-refractivity contribution in [2.24, 2.45) is 0 Å². The van der Waals surface area contributed by atoms with Crippen LogP contribution in [0.15, 0.2) is 58.4 Å². The summed E-state index contributed by atoms with van der Waals surface area (Å²) in [6.45, 7) is 1.74. The van der Waals surface area contributed by atoms with Gasteiger partial charge in [-0.15, -0.1) is 0 Å². The van der Waals surface area contributed by atoms with E-state index in [-0.39, 0.29) is 0 Å². The second-order valence-electron chi connectivity index (χ2n) is 4.65. The Hall–Kier alpha value is -1.92. The van der Waals surface area contributed by atoms with Gasteiger partial charge < -0.3 is 0 Å². The minimum Gasteiger partial charge on any atom is -0.268 e. The summed E-state index contributed by atoms with van der Waals surface area (Å²) >= 11 is 3.30. The fourth-order valence-electron chi connectivity index (χ4n) is 1.83. The standard InChI is InChI=1S/C16H14BrNO3S/c1-12-11-14(17)7-8-15(12)16(19)18-22(20,21)10-9-13-5-3-2-4-6-13/h2-11H,1H3,(H,18,19)/b10-9+. The van der Waals surface area contributed by atoms with Crippen LogP contribution < -0.4 is 4.72 Å². The van der Waals surface area contributed by atoms with Crippen LogP contribution >= 0.6 is 15.9 Å². The minimum absolute atomic E-state index is 0.319. The lowest BCUT2D eigenvalue weighted by Crippen LogP contribution is -2.29. The van der Waals surface area contributed by atoms with E-state index in [9.17, 15) is 13.2 Å². The Morgan fingerprint density at radius 3 is 2.45 bits per heavy atom. The molecule has 0 heterocycles. The molecule has 1 amide bonds. The molecule has 0 unspecified atom stereocenters. The van der Waals surface area contributed by atoms with Crippen molar-refractivity contribution in [1.29, 1.82) is 0 Å². The number of benzene rings is 2. The molecule has 0 aliphatic rings. The molecule has 0 radical (unpaired) electrons. The number of halogens is 1. The quantitative estimate of drug-likeness (QED) is 0.883. The maximum absolute atomic E-state index is 12.1. The van der Waals surface area contributed by atoms with Gasteiger partial charge in [0.05, 0.1) is 5.41 Å². The molecule has 22 heavy (non-hydrogen) atoms. The lowest BCUT2D eigenvalue weighted by atomic mass is 10.1. The van der Waals surface area contributed by atoms with E-state index < -0.39 is 15.9 Å². The molecule has 0 bridgehead atoms. The smallest absolute Gasteiger partial charge is 0.265 e. The summed E-state index contributed by atoms with van der Waals surface area (Å²) < 4.78 is 26.7.